The second-order valence-corrected chi connectivity index (χ2v) is 5.83. The van der Waals surface area contributed by atoms with Crippen LogP contribution in [0.1, 0.15) is 55.6 Å². The highest BCUT2D eigenvalue weighted by Gasteiger charge is 2.31. The van der Waals surface area contributed by atoms with Crippen molar-refractivity contribution in [3.63, 3.8) is 0 Å². The van der Waals surface area contributed by atoms with E-state index in [9.17, 15) is 4.79 Å². The van der Waals surface area contributed by atoms with Crippen molar-refractivity contribution >= 4 is 5.97 Å². The normalized spacial score (nSPS) is 18.9. The van der Waals surface area contributed by atoms with Gasteiger partial charge in [0.2, 0.25) is 0 Å². The van der Waals surface area contributed by atoms with Gasteiger partial charge in [-0.3, -0.25) is 9.88 Å². The summed E-state index contributed by atoms with van der Waals surface area (Å²) in [4.78, 5) is 17.5. The van der Waals surface area contributed by atoms with Gasteiger partial charge in [0.1, 0.15) is 0 Å². The Morgan fingerprint density at radius 1 is 1.30 bits per heavy atom. The van der Waals surface area contributed by atoms with Crippen molar-refractivity contribution in [1.29, 1.82) is 0 Å². The number of likely N-dealkylation sites (tertiary alicyclic amines) is 1. The van der Waals surface area contributed by atoms with E-state index in [0.29, 0.717) is 5.41 Å². The number of carbonyl (C=O) groups is 1. The molecule has 0 saturated carbocycles. The number of carboxylic acids is 1. The molecule has 1 saturated heterocycles. The van der Waals surface area contributed by atoms with Gasteiger partial charge in [-0.25, -0.2) is 4.79 Å². The number of piperidine rings is 1. The lowest BCUT2D eigenvalue weighted by Crippen LogP contribution is -2.39. The third kappa shape index (κ3) is 3.37. The summed E-state index contributed by atoms with van der Waals surface area (Å²) in [5.74, 6) is -0.919. The van der Waals surface area contributed by atoms with Crippen LogP contribution in [0.5, 0.6) is 0 Å². The van der Waals surface area contributed by atoms with Crippen LogP contribution in [0.3, 0.4) is 0 Å². The lowest BCUT2D eigenvalue weighted by molar-refractivity contribution is 0.0696. The summed E-state index contributed by atoms with van der Waals surface area (Å²) in [7, 11) is 0. The third-order valence-corrected chi connectivity index (χ3v) is 4.87. The maximum atomic E-state index is 10.8. The van der Waals surface area contributed by atoms with Crippen LogP contribution in [0.15, 0.2) is 18.3 Å². The maximum absolute atomic E-state index is 10.8. The highest BCUT2D eigenvalue weighted by atomic mass is 16.4. The number of aromatic nitrogens is 1. The van der Waals surface area contributed by atoms with Crippen molar-refractivity contribution in [1.82, 2.24) is 9.88 Å². The Morgan fingerprint density at radius 3 is 2.40 bits per heavy atom. The smallest absolute Gasteiger partial charge is 0.337 e. The molecule has 0 unspecified atom stereocenters. The second-order valence-electron chi connectivity index (χ2n) is 5.83. The molecule has 1 aliphatic heterocycles. The summed E-state index contributed by atoms with van der Waals surface area (Å²) >= 11 is 0. The van der Waals surface area contributed by atoms with E-state index in [1.54, 1.807) is 6.07 Å². The van der Waals surface area contributed by atoms with Gasteiger partial charge < -0.3 is 5.11 Å². The molecule has 0 amide bonds. The molecule has 1 aliphatic rings. The summed E-state index contributed by atoms with van der Waals surface area (Å²) in [5.41, 5.74) is 1.75. The zero-order chi connectivity index (χ0) is 14.6. The predicted molar refractivity (Wildman–Crippen MR) is 78.7 cm³/mol. The van der Waals surface area contributed by atoms with Crippen molar-refractivity contribution in [2.75, 3.05) is 13.1 Å². The Bertz CT molecular complexity index is 442. The molecule has 0 aromatic carbocycles. The lowest BCUT2D eigenvalue weighted by atomic mass is 9.74. The minimum absolute atomic E-state index is 0.253. The molecule has 4 nitrogen and oxygen atoms in total. The molecule has 4 heteroatoms. The van der Waals surface area contributed by atoms with Crippen molar-refractivity contribution in [3.05, 3.63) is 29.6 Å². The van der Waals surface area contributed by atoms with Crippen LogP contribution in [0.4, 0.5) is 0 Å². The van der Waals surface area contributed by atoms with Gasteiger partial charge in [0.05, 0.1) is 11.3 Å². The van der Waals surface area contributed by atoms with E-state index in [2.05, 4.69) is 23.7 Å². The molecule has 1 fully saturated rings. The molecule has 0 radical (unpaired) electrons. The standard InChI is InChI=1S/C16H24N2O2/c1-3-16(4-2)7-9-18(10-8-16)12-14-6-5-13(11-17-14)15(19)20/h5-6,11H,3-4,7-10,12H2,1-2H3,(H,19,20). The highest BCUT2D eigenvalue weighted by Crippen LogP contribution is 2.38. The van der Waals surface area contributed by atoms with E-state index in [1.807, 2.05) is 6.07 Å². The molecular weight excluding hydrogens is 252 g/mol. The first kappa shape index (κ1) is 15.0. The van der Waals surface area contributed by atoms with Crippen LogP contribution in [0, 0.1) is 5.41 Å². The fraction of sp³-hybridized carbons (Fsp3) is 0.625. The van der Waals surface area contributed by atoms with Gasteiger partial charge in [0.15, 0.2) is 0 Å². The molecule has 1 N–H and O–H groups in total. The number of hydrogen-bond donors (Lipinski definition) is 1. The molecule has 0 spiro atoms. The van der Waals surface area contributed by atoms with Gasteiger partial charge in [-0.15, -0.1) is 0 Å². The number of nitrogens with zero attached hydrogens (tertiary/aromatic N) is 2. The molecule has 110 valence electrons. The van der Waals surface area contributed by atoms with Gasteiger partial charge >= 0.3 is 5.97 Å². The molecule has 20 heavy (non-hydrogen) atoms. The zero-order valence-electron chi connectivity index (χ0n) is 12.4. The largest absolute Gasteiger partial charge is 0.478 e. The van der Waals surface area contributed by atoms with Crippen LogP contribution >= 0.6 is 0 Å². The van der Waals surface area contributed by atoms with E-state index in [0.717, 1.165) is 25.3 Å². The van der Waals surface area contributed by atoms with Gasteiger partial charge in [0, 0.05) is 12.7 Å². The van der Waals surface area contributed by atoms with Crippen LogP contribution in [-0.4, -0.2) is 34.0 Å². The summed E-state index contributed by atoms with van der Waals surface area (Å²) < 4.78 is 0. The second kappa shape index (κ2) is 6.35. The van der Waals surface area contributed by atoms with Crippen LogP contribution < -0.4 is 0 Å². The van der Waals surface area contributed by atoms with E-state index in [-0.39, 0.29) is 5.56 Å². The van der Waals surface area contributed by atoms with E-state index >= 15 is 0 Å². The summed E-state index contributed by atoms with van der Waals surface area (Å²) in [5, 5.41) is 8.86. The Morgan fingerprint density at radius 2 is 1.95 bits per heavy atom. The average molecular weight is 276 g/mol. The number of pyridine rings is 1. The molecule has 0 aliphatic carbocycles. The minimum Gasteiger partial charge on any atom is -0.478 e. The van der Waals surface area contributed by atoms with Crippen molar-refractivity contribution in [3.8, 4) is 0 Å². The van der Waals surface area contributed by atoms with Crippen molar-refractivity contribution in [2.45, 2.75) is 46.1 Å². The van der Waals surface area contributed by atoms with Gasteiger partial charge in [0.25, 0.3) is 0 Å². The predicted octanol–water partition coefficient (Wildman–Crippen LogP) is 3.18. The first-order valence-corrected chi connectivity index (χ1v) is 7.49. The van der Waals surface area contributed by atoms with Gasteiger partial charge in [-0.05, 0) is 43.5 Å². The Hall–Kier alpha value is -1.42. The fourth-order valence-electron chi connectivity index (χ4n) is 3.02. The van der Waals surface area contributed by atoms with Crippen LogP contribution in [-0.2, 0) is 6.54 Å². The maximum Gasteiger partial charge on any atom is 0.337 e. The number of rotatable bonds is 5. The molecule has 0 bridgehead atoms. The monoisotopic (exact) mass is 276 g/mol. The summed E-state index contributed by atoms with van der Waals surface area (Å²) in [6.07, 6.45) is 6.50. The van der Waals surface area contributed by atoms with Gasteiger partial charge in [-0.2, -0.15) is 0 Å². The topological polar surface area (TPSA) is 53.4 Å². The Balaban J connectivity index is 1.91. The zero-order valence-corrected chi connectivity index (χ0v) is 12.4. The van der Waals surface area contributed by atoms with E-state index in [4.69, 9.17) is 5.11 Å². The number of hydrogen-bond acceptors (Lipinski definition) is 3. The number of carboxylic acid groups (broad SMARTS) is 1. The number of aromatic carboxylic acids is 1. The van der Waals surface area contributed by atoms with Gasteiger partial charge in [-0.1, -0.05) is 26.7 Å². The third-order valence-electron chi connectivity index (χ3n) is 4.87. The fourth-order valence-corrected chi connectivity index (χ4v) is 3.02. The minimum atomic E-state index is -0.919. The lowest BCUT2D eigenvalue weighted by Gasteiger charge is -2.40. The summed E-state index contributed by atoms with van der Waals surface area (Å²) in [6, 6.07) is 3.46. The Labute approximate surface area is 120 Å². The first-order valence-electron chi connectivity index (χ1n) is 7.49. The van der Waals surface area contributed by atoms with Crippen molar-refractivity contribution < 1.29 is 9.90 Å². The molecule has 0 atom stereocenters. The van der Waals surface area contributed by atoms with Crippen molar-refractivity contribution in [2.24, 2.45) is 5.41 Å². The van der Waals surface area contributed by atoms with E-state index in [1.165, 1.54) is 31.9 Å². The highest BCUT2D eigenvalue weighted by molar-refractivity contribution is 5.87. The van der Waals surface area contributed by atoms with E-state index < -0.39 is 5.97 Å². The SMILES string of the molecule is CCC1(CC)CCN(Cc2ccc(C(=O)O)cn2)CC1. The van der Waals surface area contributed by atoms with Crippen LogP contribution in [0.2, 0.25) is 0 Å². The Kier molecular flexibility index (Phi) is 4.76. The van der Waals surface area contributed by atoms with Crippen LogP contribution in [0.25, 0.3) is 0 Å². The first-order chi connectivity index (χ1) is 9.58. The summed E-state index contributed by atoms with van der Waals surface area (Å²) in [6.45, 7) is 7.65. The molecule has 1 aromatic rings. The molecule has 1 aromatic heterocycles. The molecular formula is C16H24N2O2. The molecule has 2 rings (SSSR count). The quantitative estimate of drug-likeness (QED) is 0.897. The molecule has 2 heterocycles. The average Bonchev–Trinajstić information content (AvgIpc) is 2.49.